The topological polar surface area (TPSA) is 130 Å². The van der Waals surface area contributed by atoms with E-state index in [1.165, 1.54) is 44.6 Å². The van der Waals surface area contributed by atoms with Gasteiger partial charge in [-0.15, -0.1) is 0 Å². The van der Waals surface area contributed by atoms with Gasteiger partial charge in [-0.05, 0) is 48.9 Å². The van der Waals surface area contributed by atoms with Crippen LogP contribution in [-0.2, 0) is 14.4 Å². The number of anilines is 2. The number of hydroxylamine groups is 1. The van der Waals surface area contributed by atoms with Gasteiger partial charge in [-0.25, -0.2) is 9.96 Å². The Morgan fingerprint density at radius 2 is 1.63 bits per heavy atom. The quantitative estimate of drug-likeness (QED) is 0.198. The van der Waals surface area contributed by atoms with Crippen LogP contribution in [0.25, 0.3) is 0 Å². The molecule has 0 spiro atoms. The second-order valence-electron chi connectivity index (χ2n) is 9.38. The van der Waals surface area contributed by atoms with E-state index in [1.54, 1.807) is 42.5 Å². The molecule has 5 rings (SSSR count). The fraction of sp³-hybridized carbons (Fsp3) is 0.310. The van der Waals surface area contributed by atoms with Crippen molar-refractivity contribution < 1.29 is 38.3 Å². The molecule has 0 aliphatic carbocycles. The van der Waals surface area contributed by atoms with Crippen LogP contribution < -0.4 is 28.9 Å². The Kier molecular flexibility index (Phi) is 7.66. The number of carbonyl (C=O) groups excluding carboxylic acids is 2. The Labute approximate surface area is 236 Å². The van der Waals surface area contributed by atoms with Gasteiger partial charge >= 0.3 is 0 Å². The Hall–Kier alpha value is -4.84. The summed E-state index contributed by atoms with van der Waals surface area (Å²) in [4.78, 5) is 46.0. The average molecular weight is 564 g/mol. The van der Waals surface area contributed by atoms with Crippen molar-refractivity contribution in [3.05, 3.63) is 76.3 Å². The summed E-state index contributed by atoms with van der Waals surface area (Å²) in [5.41, 5.74) is 0.961. The van der Waals surface area contributed by atoms with Gasteiger partial charge in [0.1, 0.15) is 17.7 Å². The molecule has 2 aliphatic rings. The lowest BCUT2D eigenvalue weighted by Gasteiger charge is -2.30. The van der Waals surface area contributed by atoms with Crippen molar-refractivity contribution in [2.75, 3.05) is 37.9 Å². The zero-order valence-electron chi connectivity index (χ0n) is 22.9. The highest BCUT2D eigenvalue weighted by Gasteiger charge is 2.61. The molecule has 0 saturated carbocycles. The van der Waals surface area contributed by atoms with Crippen LogP contribution in [0.4, 0.5) is 17.1 Å². The van der Waals surface area contributed by atoms with Gasteiger partial charge in [0, 0.05) is 17.7 Å². The number of hydrogen-bond acceptors (Lipinski definition) is 10. The number of hydrogen-bond donors (Lipinski definition) is 0. The summed E-state index contributed by atoms with van der Waals surface area (Å²) in [7, 11) is 4.38. The van der Waals surface area contributed by atoms with Crippen LogP contribution >= 0.6 is 0 Å². The molecule has 41 heavy (non-hydrogen) atoms. The van der Waals surface area contributed by atoms with Gasteiger partial charge in [0.15, 0.2) is 17.6 Å². The molecule has 0 N–H and O–H groups in total. The summed E-state index contributed by atoms with van der Waals surface area (Å²) in [6.45, 7) is 2.54. The summed E-state index contributed by atoms with van der Waals surface area (Å²) in [5.74, 6) is -0.484. The normalized spacial score (nSPS) is 19.8. The number of rotatable bonds is 10. The molecule has 12 heteroatoms. The number of nitrogens with zero attached hydrogens (tertiary/aromatic N) is 3. The van der Waals surface area contributed by atoms with Gasteiger partial charge in [-0.3, -0.25) is 24.5 Å². The molecule has 214 valence electrons. The minimum Gasteiger partial charge on any atom is -0.494 e. The number of methoxy groups -OCH3 is 3. The van der Waals surface area contributed by atoms with Gasteiger partial charge in [0.2, 0.25) is 11.7 Å². The predicted molar refractivity (Wildman–Crippen MR) is 147 cm³/mol. The monoisotopic (exact) mass is 563 g/mol. The zero-order valence-corrected chi connectivity index (χ0v) is 22.9. The van der Waals surface area contributed by atoms with Gasteiger partial charge in [0.05, 0.1) is 44.2 Å². The number of imide groups is 1. The molecule has 3 aromatic rings. The maximum atomic E-state index is 14.0. The molecule has 3 aromatic carbocycles. The van der Waals surface area contributed by atoms with Crippen molar-refractivity contribution in [2.45, 2.75) is 25.5 Å². The third-order valence-corrected chi connectivity index (χ3v) is 7.03. The second-order valence-corrected chi connectivity index (χ2v) is 9.38. The SMILES string of the molecule is CCCOc1ccc(N2C(=O)[C@@H]3[C@@H](ON(c4cccc([N+](=O)[O-])c4)[C@H]3c3ccc(OC)c(OC)c3OC)C2=O)cc1. The van der Waals surface area contributed by atoms with Crippen molar-refractivity contribution in [3.63, 3.8) is 0 Å². The van der Waals surface area contributed by atoms with Crippen molar-refractivity contribution in [3.8, 4) is 23.0 Å². The molecule has 2 heterocycles. The maximum absolute atomic E-state index is 14.0. The molecule has 0 aromatic heterocycles. The second kappa shape index (κ2) is 11.3. The fourth-order valence-corrected chi connectivity index (χ4v) is 5.22. The van der Waals surface area contributed by atoms with Crippen LogP contribution in [0.2, 0.25) is 0 Å². The number of non-ortho nitro benzene ring substituents is 1. The Morgan fingerprint density at radius 3 is 2.27 bits per heavy atom. The Morgan fingerprint density at radius 1 is 0.902 bits per heavy atom. The van der Waals surface area contributed by atoms with Crippen LogP contribution in [-0.4, -0.2) is 50.8 Å². The van der Waals surface area contributed by atoms with E-state index < -0.39 is 34.8 Å². The van der Waals surface area contributed by atoms with E-state index in [0.717, 1.165) is 11.3 Å². The third-order valence-electron chi connectivity index (χ3n) is 7.03. The number of ether oxygens (including phenoxy) is 4. The van der Waals surface area contributed by atoms with E-state index in [9.17, 15) is 19.7 Å². The number of nitro groups is 1. The lowest BCUT2D eigenvalue weighted by molar-refractivity contribution is -0.384. The van der Waals surface area contributed by atoms with Gasteiger partial charge < -0.3 is 18.9 Å². The van der Waals surface area contributed by atoms with E-state index >= 15 is 0 Å². The van der Waals surface area contributed by atoms with Crippen LogP contribution in [0.5, 0.6) is 23.0 Å². The highest BCUT2D eigenvalue weighted by atomic mass is 16.7. The van der Waals surface area contributed by atoms with Crippen molar-refractivity contribution in [1.29, 1.82) is 0 Å². The highest BCUT2D eigenvalue weighted by molar-refractivity contribution is 6.24. The van der Waals surface area contributed by atoms with Crippen LogP contribution in [0.15, 0.2) is 60.7 Å². The van der Waals surface area contributed by atoms with Crippen LogP contribution in [0.3, 0.4) is 0 Å². The predicted octanol–water partition coefficient (Wildman–Crippen LogP) is 4.46. The smallest absolute Gasteiger partial charge is 0.271 e. The Bertz CT molecular complexity index is 1480. The van der Waals surface area contributed by atoms with Crippen molar-refractivity contribution in [1.82, 2.24) is 0 Å². The molecule has 0 bridgehead atoms. The van der Waals surface area contributed by atoms with E-state index in [-0.39, 0.29) is 17.2 Å². The summed E-state index contributed by atoms with van der Waals surface area (Å²) < 4.78 is 22.3. The molecule has 2 amide bonds. The van der Waals surface area contributed by atoms with Crippen molar-refractivity contribution in [2.24, 2.45) is 5.92 Å². The number of amides is 2. The first kappa shape index (κ1) is 27.7. The third kappa shape index (κ3) is 4.76. The molecule has 0 radical (unpaired) electrons. The number of nitro benzene ring substituents is 1. The number of benzene rings is 3. The van der Waals surface area contributed by atoms with E-state index in [0.29, 0.717) is 35.0 Å². The molecule has 2 saturated heterocycles. The molecule has 3 atom stereocenters. The first-order valence-electron chi connectivity index (χ1n) is 12.9. The minimum atomic E-state index is -1.19. The molecule has 2 fully saturated rings. The molecular weight excluding hydrogens is 534 g/mol. The van der Waals surface area contributed by atoms with Crippen LogP contribution in [0, 0.1) is 16.0 Å². The molecule has 12 nitrogen and oxygen atoms in total. The summed E-state index contributed by atoms with van der Waals surface area (Å²) >= 11 is 0. The molecular formula is C29H29N3O9. The molecule has 0 unspecified atom stereocenters. The largest absolute Gasteiger partial charge is 0.494 e. The zero-order chi connectivity index (χ0) is 29.3. The number of carbonyl (C=O) groups is 2. The van der Waals surface area contributed by atoms with Crippen LogP contribution in [0.1, 0.15) is 24.9 Å². The highest BCUT2D eigenvalue weighted by Crippen LogP contribution is 2.53. The van der Waals surface area contributed by atoms with Gasteiger partial charge in [-0.1, -0.05) is 13.0 Å². The lowest BCUT2D eigenvalue weighted by atomic mass is 9.89. The standard InChI is InChI=1S/C29H29N3O9/c1-5-15-40-20-11-9-17(10-12-20)30-28(33)23-24(21-13-14-22(37-2)26(39-4)25(21)38-3)31(41-27(23)29(30)34)18-7-6-8-19(16-18)32(35)36/h6-14,16,23-24,27H,5,15H2,1-4H3/t23-,24-,27+/m0/s1. The lowest BCUT2D eigenvalue weighted by Crippen LogP contribution is -2.37. The van der Waals surface area contributed by atoms with E-state index in [2.05, 4.69) is 0 Å². The number of fused-ring (bicyclic) bond motifs is 1. The first-order valence-corrected chi connectivity index (χ1v) is 12.9. The van der Waals surface area contributed by atoms with Gasteiger partial charge in [0.25, 0.3) is 11.6 Å². The fourth-order valence-electron chi connectivity index (χ4n) is 5.22. The summed E-state index contributed by atoms with van der Waals surface area (Å²) in [6, 6.07) is 14.9. The molecule has 2 aliphatic heterocycles. The summed E-state index contributed by atoms with van der Waals surface area (Å²) in [6.07, 6.45) is -0.353. The minimum absolute atomic E-state index is 0.175. The summed E-state index contributed by atoms with van der Waals surface area (Å²) in [5, 5.41) is 12.9. The van der Waals surface area contributed by atoms with E-state index in [4.69, 9.17) is 23.8 Å². The average Bonchev–Trinajstić information content (AvgIpc) is 3.50. The van der Waals surface area contributed by atoms with Crippen molar-refractivity contribution >= 4 is 28.9 Å². The van der Waals surface area contributed by atoms with Gasteiger partial charge in [-0.2, -0.15) is 0 Å². The van der Waals surface area contributed by atoms with E-state index in [1.807, 2.05) is 6.92 Å². The first-order chi connectivity index (χ1) is 19.8. The Balaban J connectivity index is 1.61. The maximum Gasteiger partial charge on any atom is 0.271 e.